The van der Waals surface area contributed by atoms with Crippen molar-refractivity contribution in [2.45, 2.75) is 18.7 Å². The molecule has 0 aliphatic carbocycles. The monoisotopic (exact) mass is 333 g/mol. The third-order valence-electron chi connectivity index (χ3n) is 3.74. The van der Waals surface area contributed by atoms with Crippen molar-refractivity contribution in [2.75, 3.05) is 7.11 Å². The van der Waals surface area contributed by atoms with E-state index in [2.05, 4.69) is 33.4 Å². The number of aliphatic hydroxyl groups excluding tert-OH is 1. The number of aliphatic hydroxyl groups is 1. The number of methoxy groups -OCH3 is 1. The normalized spacial score (nSPS) is 18.6. The molecular weight excluding hydrogens is 318 g/mol. The lowest BCUT2D eigenvalue weighted by Crippen LogP contribution is -2.20. The Labute approximate surface area is 126 Å². The molecule has 2 aromatic carbocycles. The molecule has 3 rings (SSSR count). The Hall–Kier alpha value is -1.36. The second-order valence-electron chi connectivity index (χ2n) is 4.89. The van der Waals surface area contributed by atoms with Crippen LogP contribution in [0.5, 0.6) is 5.75 Å². The number of rotatable bonds is 3. The standard InChI is InChI=1S/C16H16BrNO2/c1-20-11-6-7-14(17)13(8-11)16(19)15-12-5-3-2-4-10(12)9-18-15/h2-8,15-16,18-19H,9H2,1H3. The van der Waals surface area contributed by atoms with Gasteiger partial charge in [0.05, 0.1) is 19.3 Å². The van der Waals surface area contributed by atoms with Gasteiger partial charge >= 0.3 is 0 Å². The fraction of sp³-hybridized carbons (Fsp3) is 0.250. The lowest BCUT2D eigenvalue weighted by molar-refractivity contribution is 0.132. The minimum absolute atomic E-state index is 0.0883. The van der Waals surface area contributed by atoms with Crippen molar-refractivity contribution in [1.82, 2.24) is 5.32 Å². The molecule has 0 spiro atoms. The minimum atomic E-state index is -0.622. The van der Waals surface area contributed by atoms with Crippen molar-refractivity contribution >= 4 is 15.9 Å². The van der Waals surface area contributed by atoms with Crippen molar-refractivity contribution < 1.29 is 9.84 Å². The minimum Gasteiger partial charge on any atom is -0.497 e. The molecule has 0 fully saturated rings. The summed E-state index contributed by atoms with van der Waals surface area (Å²) in [6.45, 7) is 0.791. The highest BCUT2D eigenvalue weighted by Crippen LogP contribution is 2.38. The molecule has 0 aromatic heterocycles. The smallest absolute Gasteiger partial charge is 0.119 e. The first-order valence-corrected chi connectivity index (χ1v) is 7.32. The number of benzene rings is 2. The van der Waals surface area contributed by atoms with Crippen LogP contribution >= 0.6 is 15.9 Å². The third kappa shape index (κ3) is 2.35. The summed E-state index contributed by atoms with van der Waals surface area (Å²) in [6, 6.07) is 13.7. The highest BCUT2D eigenvalue weighted by molar-refractivity contribution is 9.10. The van der Waals surface area contributed by atoms with Gasteiger partial charge in [-0.25, -0.2) is 0 Å². The van der Waals surface area contributed by atoms with E-state index in [-0.39, 0.29) is 6.04 Å². The SMILES string of the molecule is COc1ccc(Br)c(C(O)C2NCc3ccccc32)c1. The summed E-state index contributed by atoms with van der Waals surface area (Å²) in [5, 5.41) is 14.1. The molecule has 0 saturated carbocycles. The molecule has 0 bridgehead atoms. The molecule has 2 aromatic rings. The first kappa shape index (κ1) is 13.6. The van der Waals surface area contributed by atoms with E-state index in [4.69, 9.17) is 4.74 Å². The Morgan fingerprint density at radius 1 is 1.30 bits per heavy atom. The maximum atomic E-state index is 10.7. The molecule has 2 N–H and O–H groups in total. The predicted molar refractivity (Wildman–Crippen MR) is 81.7 cm³/mol. The Balaban J connectivity index is 1.96. The van der Waals surface area contributed by atoms with Gasteiger partial charge in [0, 0.05) is 16.6 Å². The van der Waals surface area contributed by atoms with Crippen LogP contribution in [0.15, 0.2) is 46.9 Å². The second kappa shape index (κ2) is 5.56. The average molecular weight is 334 g/mol. The Morgan fingerprint density at radius 3 is 2.90 bits per heavy atom. The van der Waals surface area contributed by atoms with Gasteiger partial charge < -0.3 is 15.2 Å². The molecule has 0 saturated heterocycles. The summed E-state index contributed by atoms with van der Waals surface area (Å²) < 4.78 is 6.13. The maximum absolute atomic E-state index is 10.7. The highest BCUT2D eigenvalue weighted by atomic mass is 79.9. The number of ether oxygens (including phenoxy) is 1. The lowest BCUT2D eigenvalue weighted by atomic mass is 9.96. The number of fused-ring (bicyclic) bond motifs is 1. The van der Waals surface area contributed by atoms with Crippen LogP contribution in [0, 0.1) is 0 Å². The van der Waals surface area contributed by atoms with Gasteiger partial charge in [0.15, 0.2) is 0 Å². The van der Waals surface area contributed by atoms with E-state index in [1.807, 2.05) is 30.3 Å². The number of hydrogen-bond donors (Lipinski definition) is 2. The predicted octanol–water partition coefficient (Wildman–Crippen LogP) is 3.34. The summed E-state index contributed by atoms with van der Waals surface area (Å²) in [4.78, 5) is 0. The lowest BCUT2D eigenvalue weighted by Gasteiger charge is -2.21. The topological polar surface area (TPSA) is 41.5 Å². The second-order valence-corrected chi connectivity index (χ2v) is 5.74. The van der Waals surface area contributed by atoms with Crippen LogP contribution in [-0.2, 0) is 6.54 Å². The van der Waals surface area contributed by atoms with E-state index >= 15 is 0 Å². The number of halogens is 1. The van der Waals surface area contributed by atoms with Gasteiger partial charge in [0.1, 0.15) is 5.75 Å². The number of nitrogens with one attached hydrogen (secondary N) is 1. The largest absolute Gasteiger partial charge is 0.497 e. The quantitative estimate of drug-likeness (QED) is 0.905. The van der Waals surface area contributed by atoms with Crippen LogP contribution in [0.2, 0.25) is 0 Å². The van der Waals surface area contributed by atoms with Crippen LogP contribution in [0.25, 0.3) is 0 Å². The van der Waals surface area contributed by atoms with Gasteiger partial charge in [0.25, 0.3) is 0 Å². The molecule has 2 unspecified atom stereocenters. The molecule has 4 heteroatoms. The van der Waals surface area contributed by atoms with Gasteiger partial charge in [-0.1, -0.05) is 40.2 Å². The third-order valence-corrected chi connectivity index (χ3v) is 4.46. The van der Waals surface area contributed by atoms with Crippen LogP contribution < -0.4 is 10.1 Å². The Bertz CT molecular complexity index is 630. The van der Waals surface area contributed by atoms with E-state index in [0.29, 0.717) is 0 Å². The fourth-order valence-corrected chi connectivity index (χ4v) is 3.15. The molecule has 1 aliphatic rings. The first-order valence-electron chi connectivity index (χ1n) is 6.53. The molecule has 20 heavy (non-hydrogen) atoms. The molecule has 2 atom stereocenters. The summed E-state index contributed by atoms with van der Waals surface area (Å²) in [6.07, 6.45) is -0.622. The first-order chi connectivity index (χ1) is 9.70. The van der Waals surface area contributed by atoms with Crippen LogP contribution in [0.4, 0.5) is 0 Å². The van der Waals surface area contributed by atoms with Crippen molar-refractivity contribution in [3.8, 4) is 5.75 Å². The highest BCUT2D eigenvalue weighted by Gasteiger charge is 2.30. The maximum Gasteiger partial charge on any atom is 0.119 e. The molecule has 0 amide bonds. The fourth-order valence-electron chi connectivity index (χ4n) is 2.67. The molecular formula is C16H16BrNO2. The summed E-state index contributed by atoms with van der Waals surface area (Å²) in [5.41, 5.74) is 3.24. The van der Waals surface area contributed by atoms with Gasteiger partial charge in [-0.3, -0.25) is 0 Å². The Morgan fingerprint density at radius 2 is 2.10 bits per heavy atom. The molecule has 1 heterocycles. The summed E-state index contributed by atoms with van der Waals surface area (Å²) in [7, 11) is 1.63. The average Bonchev–Trinajstić information content (AvgIpc) is 2.91. The zero-order chi connectivity index (χ0) is 14.1. The summed E-state index contributed by atoms with van der Waals surface area (Å²) >= 11 is 3.50. The molecule has 104 valence electrons. The van der Waals surface area contributed by atoms with Gasteiger partial charge in [-0.2, -0.15) is 0 Å². The van der Waals surface area contributed by atoms with E-state index in [1.165, 1.54) is 5.56 Å². The van der Waals surface area contributed by atoms with E-state index < -0.39 is 6.10 Å². The number of hydrogen-bond acceptors (Lipinski definition) is 3. The molecule has 1 aliphatic heterocycles. The van der Waals surface area contributed by atoms with Gasteiger partial charge in [-0.05, 0) is 29.3 Å². The van der Waals surface area contributed by atoms with Gasteiger partial charge in [-0.15, -0.1) is 0 Å². The van der Waals surface area contributed by atoms with Gasteiger partial charge in [0.2, 0.25) is 0 Å². The van der Waals surface area contributed by atoms with Crippen molar-refractivity contribution in [2.24, 2.45) is 0 Å². The van der Waals surface area contributed by atoms with Crippen molar-refractivity contribution in [3.05, 3.63) is 63.6 Å². The van der Waals surface area contributed by atoms with Crippen LogP contribution in [0.3, 0.4) is 0 Å². The molecule has 0 radical (unpaired) electrons. The summed E-state index contributed by atoms with van der Waals surface area (Å²) in [5.74, 6) is 0.744. The van der Waals surface area contributed by atoms with E-state index in [0.717, 1.165) is 27.9 Å². The zero-order valence-corrected chi connectivity index (χ0v) is 12.7. The van der Waals surface area contributed by atoms with Crippen LogP contribution in [0.1, 0.15) is 28.8 Å². The van der Waals surface area contributed by atoms with Crippen molar-refractivity contribution in [1.29, 1.82) is 0 Å². The Kier molecular flexibility index (Phi) is 3.78. The van der Waals surface area contributed by atoms with E-state index in [9.17, 15) is 5.11 Å². The van der Waals surface area contributed by atoms with Crippen LogP contribution in [-0.4, -0.2) is 12.2 Å². The zero-order valence-electron chi connectivity index (χ0n) is 11.1. The van der Waals surface area contributed by atoms with E-state index in [1.54, 1.807) is 7.11 Å². The molecule has 3 nitrogen and oxygen atoms in total. The van der Waals surface area contributed by atoms with Crippen molar-refractivity contribution in [3.63, 3.8) is 0 Å².